The number of ether oxygens (including phenoxy) is 4. The van der Waals surface area contributed by atoms with Crippen LogP contribution >= 0.6 is 0 Å². The molecule has 1 heterocycles. The second kappa shape index (κ2) is 12.3. The molecule has 3 rings (SSSR count). The van der Waals surface area contributed by atoms with E-state index in [0.29, 0.717) is 30.4 Å². The van der Waals surface area contributed by atoms with E-state index in [4.69, 9.17) is 18.9 Å². The summed E-state index contributed by atoms with van der Waals surface area (Å²) < 4.78 is 21.5. The van der Waals surface area contributed by atoms with Gasteiger partial charge in [0, 0.05) is 25.8 Å². The number of carbonyl (C=O) groups is 1. The minimum atomic E-state index is 0.0484. The summed E-state index contributed by atoms with van der Waals surface area (Å²) in [6, 6.07) is 9.85. The van der Waals surface area contributed by atoms with Gasteiger partial charge in [0.1, 0.15) is 0 Å². The first-order chi connectivity index (χ1) is 16.9. The van der Waals surface area contributed by atoms with Gasteiger partial charge >= 0.3 is 0 Å². The molecule has 188 valence electrons. The highest BCUT2D eigenvalue weighted by Gasteiger charge is 2.19. The van der Waals surface area contributed by atoms with Crippen molar-refractivity contribution < 1.29 is 23.7 Å². The summed E-state index contributed by atoms with van der Waals surface area (Å²) in [5.41, 5.74) is 3.09. The molecule has 1 aliphatic rings. The zero-order chi connectivity index (χ0) is 25.4. The summed E-state index contributed by atoms with van der Waals surface area (Å²) in [5.74, 6) is 3.14. The van der Waals surface area contributed by atoms with Crippen molar-refractivity contribution >= 4 is 12.0 Å². The van der Waals surface area contributed by atoms with Gasteiger partial charge in [0.05, 0.1) is 34.9 Å². The van der Waals surface area contributed by atoms with E-state index in [2.05, 4.69) is 31.0 Å². The number of hydrogen-bond acceptors (Lipinski definition) is 6. The smallest absolute Gasteiger partial charge is 0.231 e. The van der Waals surface area contributed by atoms with Gasteiger partial charge in [0.25, 0.3) is 0 Å². The highest BCUT2D eigenvalue weighted by molar-refractivity contribution is 5.84. The molecule has 7 heteroatoms. The molecule has 0 aromatic heterocycles. The highest BCUT2D eigenvalue weighted by atomic mass is 16.5. The van der Waals surface area contributed by atoms with E-state index in [9.17, 15) is 4.79 Å². The largest absolute Gasteiger partial charge is 0.493 e. The predicted molar refractivity (Wildman–Crippen MR) is 139 cm³/mol. The number of rotatable bonds is 11. The molecular formula is C28H36N2O5. The standard InChI is InChI=1S/C28H36N2O5/c1-20(21-9-10-24(32-3)25(15-21)33-4)19-29(2)12-7-8-13-30-14-11-22-16-26(34-5)27(35-6)17-23(22)18-28(30)31/h7-11,14-17,20H,12-13,18-19H2,1-6H3/b8-7-/t20-/m1/s1. The molecular weight excluding hydrogens is 444 g/mol. The number of benzene rings is 2. The van der Waals surface area contributed by atoms with Crippen LogP contribution in [-0.2, 0) is 11.2 Å². The van der Waals surface area contributed by atoms with Crippen LogP contribution in [0.4, 0.5) is 0 Å². The number of hydrogen-bond donors (Lipinski definition) is 0. The molecule has 1 atom stereocenters. The first-order valence-electron chi connectivity index (χ1n) is 11.7. The lowest BCUT2D eigenvalue weighted by atomic mass is 10.00. The normalized spacial score (nSPS) is 14.1. The van der Waals surface area contributed by atoms with Crippen molar-refractivity contribution in [1.82, 2.24) is 9.80 Å². The van der Waals surface area contributed by atoms with E-state index >= 15 is 0 Å². The van der Waals surface area contributed by atoms with Gasteiger partial charge in [-0.2, -0.15) is 0 Å². The summed E-state index contributed by atoms with van der Waals surface area (Å²) in [6.07, 6.45) is 8.25. The molecule has 0 saturated carbocycles. The van der Waals surface area contributed by atoms with Crippen molar-refractivity contribution in [3.8, 4) is 23.0 Å². The van der Waals surface area contributed by atoms with Gasteiger partial charge in [-0.1, -0.05) is 25.1 Å². The fourth-order valence-corrected chi connectivity index (χ4v) is 4.17. The highest BCUT2D eigenvalue weighted by Crippen LogP contribution is 2.33. The summed E-state index contributed by atoms with van der Waals surface area (Å²) in [4.78, 5) is 16.8. The van der Waals surface area contributed by atoms with Crippen LogP contribution in [-0.4, -0.2) is 70.8 Å². The Hall–Kier alpha value is -3.45. The van der Waals surface area contributed by atoms with Crippen molar-refractivity contribution in [1.29, 1.82) is 0 Å². The molecule has 7 nitrogen and oxygen atoms in total. The number of likely N-dealkylation sites (N-methyl/N-ethyl adjacent to an activating group) is 1. The quantitative estimate of drug-likeness (QED) is 0.445. The molecule has 0 spiro atoms. The summed E-state index contributed by atoms with van der Waals surface area (Å²) >= 11 is 0. The van der Waals surface area contributed by atoms with E-state index in [-0.39, 0.29) is 5.91 Å². The van der Waals surface area contributed by atoms with Crippen LogP contribution in [0.15, 0.2) is 48.7 Å². The zero-order valence-corrected chi connectivity index (χ0v) is 21.5. The Labute approximate surface area is 208 Å². The maximum absolute atomic E-state index is 12.8. The molecule has 1 aliphatic heterocycles. The number of fused-ring (bicyclic) bond motifs is 1. The number of methoxy groups -OCH3 is 4. The van der Waals surface area contributed by atoms with Gasteiger partial charge in [-0.3, -0.25) is 4.79 Å². The van der Waals surface area contributed by atoms with Gasteiger partial charge in [-0.15, -0.1) is 0 Å². The Kier molecular flexibility index (Phi) is 9.20. The molecule has 0 unspecified atom stereocenters. The molecule has 1 amide bonds. The summed E-state index contributed by atoms with van der Waals surface area (Å²) in [7, 11) is 8.60. The molecule has 0 fully saturated rings. The van der Waals surface area contributed by atoms with Gasteiger partial charge < -0.3 is 28.7 Å². The van der Waals surface area contributed by atoms with Gasteiger partial charge in [0.2, 0.25) is 5.91 Å². The second-order valence-corrected chi connectivity index (χ2v) is 8.65. The van der Waals surface area contributed by atoms with Crippen molar-refractivity contribution in [2.45, 2.75) is 19.3 Å². The average Bonchev–Trinajstić information content (AvgIpc) is 3.02. The third-order valence-electron chi connectivity index (χ3n) is 6.19. The van der Waals surface area contributed by atoms with Gasteiger partial charge in [0.15, 0.2) is 23.0 Å². The van der Waals surface area contributed by atoms with Crippen LogP contribution in [0.5, 0.6) is 23.0 Å². The van der Waals surface area contributed by atoms with Crippen LogP contribution in [0, 0.1) is 0 Å². The SMILES string of the molecule is COc1ccc([C@H](C)CN(C)C/C=C\CN2C=Cc3cc(OC)c(OC)cc3CC2=O)cc1OC. The van der Waals surface area contributed by atoms with E-state index in [1.54, 1.807) is 33.3 Å². The molecule has 2 aromatic carbocycles. The van der Waals surface area contributed by atoms with E-state index in [1.165, 1.54) is 5.56 Å². The maximum Gasteiger partial charge on any atom is 0.231 e. The Bertz CT molecular complexity index is 1080. The van der Waals surface area contributed by atoms with Crippen LogP contribution in [0.2, 0.25) is 0 Å². The third-order valence-corrected chi connectivity index (χ3v) is 6.19. The topological polar surface area (TPSA) is 60.5 Å². The zero-order valence-electron chi connectivity index (χ0n) is 21.5. The average molecular weight is 481 g/mol. The molecule has 0 radical (unpaired) electrons. The lowest BCUT2D eigenvalue weighted by Gasteiger charge is -2.21. The minimum Gasteiger partial charge on any atom is -0.493 e. The second-order valence-electron chi connectivity index (χ2n) is 8.65. The first kappa shape index (κ1) is 26.2. The third kappa shape index (κ3) is 6.57. The molecule has 0 N–H and O–H groups in total. The molecule has 35 heavy (non-hydrogen) atoms. The number of amides is 1. The Morgan fingerprint density at radius 3 is 2.29 bits per heavy atom. The predicted octanol–water partition coefficient (Wildman–Crippen LogP) is 4.37. The van der Waals surface area contributed by atoms with Crippen molar-refractivity contribution in [2.24, 2.45) is 0 Å². The minimum absolute atomic E-state index is 0.0484. The van der Waals surface area contributed by atoms with Crippen LogP contribution in [0.1, 0.15) is 29.5 Å². The number of carbonyl (C=O) groups excluding carboxylic acids is 1. The lowest BCUT2D eigenvalue weighted by Crippen LogP contribution is -2.27. The fourth-order valence-electron chi connectivity index (χ4n) is 4.17. The van der Waals surface area contributed by atoms with E-state index < -0.39 is 0 Å². The summed E-state index contributed by atoms with van der Waals surface area (Å²) in [5, 5.41) is 0. The maximum atomic E-state index is 12.8. The number of nitrogens with zero attached hydrogens (tertiary/aromatic N) is 2. The monoisotopic (exact) mass is 480 g/mol. The lowest BCUT2D eigenvalue weighted by molar-refractivity contribution is -0.127. The molecule has 2 aromatic rings. The van der Waals surface area contributed by atoms with Crippen molar-refractivity contribution in [3.05, 3.63) is 65.4 Å². The molecule has 0 saturated heterocycles. The van der Waals surface area contributed by atoms with Gasteiger partial charge in [-0.25, -0.2) is 0 Å². The molecule has 0 aliphatic carbocycles. The van der Waals surface area contributed by atoms with Crippen LogP contribution in [0.3, 0.4) is 0 Å². The molecule has 0 bridgehead atoms. The van der Waals surface area contributed by atoms with E-state index in [0.717, 1.165) is 35.7 Å². The van der Waals surface area contributed by atoms with Crippen LogP contribution < -0.4 is 18.9 Å². The summed E-state index contributed by atoms with van der Waals surface area (Å²) in [6.45, 7) is 4.40. The van der Waals surface area contributed by atoms with Gasteiger partial charge in [-0.05, 0) is 60.0 Å². The van der Waals surface area contributed by atoms with Crippen LogP contribution in [0.25, 0.3) is 6.08 Å². The fraction of sp³-hybridized carbons (Fsp3) is 0.393. The Balaban J connectivity index is 1.54. The van der Waals surface area contributed by atoms with Crippen molar-refractivity contribution in [2.75, 3.05) is 55.1 Å². The van der Waals surface area contributed by atoms with Crippen molar-refractivity contribution in [3.63, 3.8) is 0 Å². The Morgan fingerprint density at radius 2 is 1.60 bits per heavy atom. The first-order valence-corrected chi connectivity index (χ1v) is 11.7. The van der Waals surface area contributed by atoms with E-state index in [1.807, 2.05) is 42.6 Å². The Morgan fingerprint density at radius 1 is 0.943 bits per heavy atom.